The molecule has 0 bridgehead atoms. The van der Waals surface area contributed by atoms with Crippen LogP contribution < -0.4 is 9.62 Å². The molecule has 0 radical (unpaired) electrons. The number of carbonyl (C=O) groups is 1. The molecule has 2 aromatic rings. The van der Waals surface area contributed by atoms with E-state index in [2.05, 4.69) is 9.62 Å². The van der Waals surface area contributed by atoms with Crippen LogP contribution in [-0.2, 0) is 14.8 Å². The van der Waals surface area contributed by atoms with Crippen LogP contribution in [0, 0.1) is 5.82 Å². The largest absolute Gasteiger partial charge is 0.370 e. The summed E-state index contributed by atoms with van der Waals surface area (Å²) in [6, 6.07) is 12.3. The Hall–Kier alpha value is -2.16. The summed E-state index contributed by atoms with van der Waals surface area (Å²) in [5.74, 6) is -0.375. The maximum Gasteiger partial charge on any atom is 0.240 e. The fourth-order valence-electron chi connectivity index (χ4n) is 3.24. The number of nitrogens with one attached hydrogen (secondary N) is 1. The van der Waals surface area contributed by atoms with Crippen LogP contribution in [0.25, 0.3) is 0 Å². The second-order valence-corrected chi connectivity index (χ2v) is 9.01. The summed E-state index contributed by atoms with van der Waals surface area (Å²) in [6.45, 7) is 2.59. The highest BCUT2D eigenvalue weighted by molar-refractivity contribution is 7.89. The lowest BCUT2D eigenvalue weighted by Crippen LogP contribution is -2.37. The van der Waals surface area contributed by atoms with Gasteiger partial charge in [-0.05, 0) is 48.9 Å². The Morgan fingerprint density at radius 3 is 2.55 bits per heavy atom. The van der Waals surface area contributed by atoms with E-state index in [0.717, 1.165) is 18.7 Å². The summed E-state index contributed by atoms with van der Waals surface area (Å²) in [4.78, 5) is 16.5. The van der Waals surface area contributed by atoms with Crippen molar-refractivity contribution in [2.75, 3.05) is 37.6 Å². The van der Waals surface area contributed by atoms with Crippen LogP contribution in [0.5, 0.6) is 0 Å². The first-order valence-corrected chi connectivity index (χ1v) is 11.2. The minimum absolute atomic E-state index is 0.0197. The van der Waals surface area contributed by atoms with Gasteiger partial charge in [0.15, 0.2) is 0 Å². The van der Waals surface area contributed by atoms with E-state index in [-0.39, 0.29) is 29.6 Å². The monoisotopic (exact) mass is 439 g/mol. The van der Waals surface area contributed by atoms with Gasteiger partial charge in [0.25, 0.3) is 0 Å². The van der Waals surface area contributed by atoms with Crippen molar-refractivity contribution in [3.8, 4) is 0 Å². The van der Waals surface area contributed by atoms with Crippen LogP contribution in [0.4, 0.5) is 10.1 Å². The van der Waals surface area contributed by atoms with E-state index in [9.17, 15) is 17.6 Å². The summed E-state index contributed by atoms with van der Waals surface area (Å²) in [7, 11) is -3.71. The summed E-state index contributed by atoms with van der Waals surface area (Å²) >= 11 is 5.84. The molecule has 29 heavy (non-hydrogen) atoms. The van der Waals surface area contributed by atoms with Gasteiger partial charge in [0.05, 0.1) is 4.90 Å². The van der Waals surface area contributed by atoms with Crippen molar-refractivity contribution < 1.29 is 17.6 Å². The van der Waals surface area contributed by atoms with E-state index in [1.165, 1.54) is 24.3 Å². The summed E-state index contributed by atoms with van der Waals surface area (Å²) in [5.41, 5.74) is 0.926. The van der Waals surface area contributed by atoms with Crippen molar-refractivity contribution in [2.45, 2.75) is 17.7 Å². The van der Waals surface area contributed by atoms with E-state index >= 15 is 0 Å². The van der Waals surface area contributed by atoms with Crippen LogP contribution in [0.1, 0.15) is 12.8 Å². The molecule has 6 nitrogen and oxygen atoms in total. The zero-order valence-corrected chi connectivity index (χ0v) is 17.4. The molecular formula is C20H23ClFN3O3S. The van der Waals surface area contributed by atoms with Crippen molar-refractivity contribution >= 4 is 33.2 Å². The van der Waals surface area contributed by atoms with Crippen molar-refractivity contribution in [2.24, 2.45) is 0 Å². The van der Waals surface area contributed by atoms with Crippen LogP contribution in [0.15, 0.2) is 53.4 Å². The van der Waals surface area contributed by atoms with Crippen LogP contribution in [0.2, 0.25) is 5.02 Å². The Morgan fingerprint density at radius 1 is 1.07 bits per heavy atom. The minimum Gasteiger partial charge on any atom is -0.370 e. The number of nitrogens with zero attached hydrogens (tertiary/aromatic N) is 2. The summed E-state index contributed by atoms with van der Waals surface area (Å²) in [5, 5.41) is 0.333. The van der Waals surface area contributed by atoms with Crippen molar-refractivity contribution in [3.63, 3.8) is 0 Å². The van der Waals surface area contributed by atoms with Gasteiger partial charge in [0, 0.05) is 49.9 Å². The van der Waals surface area contributed by atoms with Crippen LogP contribution in [0.3, 0.4) is 0 Å². The van der Waals surface area contributed by atoms with E-state index in [0.29, 0.717) is 24.7 Å². The topological polar surface area (TPSA) is 69.7 Å². The van der Waals surface area contributed by atoms with Gasteiger partial charge in [0.2, 0.25) is 15.9 Å². The highest BCUT2D eigenvalue weighted by atomic mass is 35.5. The molecule has 0 unspecified atom stereocenters. The Labute approximate surface area is 175 Å². The van der Waals surface area contributed by atoms with E-state index < -0.39 is 10.0 Å². The molecule has 2 aromatic carbocycles. The van der Waals surface area contributed by atoms with Gasteiger partial charge in [-0.1, -0.05) is 17.7 Å². The predicted octanol–water partition coefficient (Wildman–Crippen LogP) is 2.89. The summed E-state index contributed by atoms with van der Waals surface area (Å²) < 4.78 is 40.1. The lowest BCUT2D eigenvalue weighted by atomic mass is 10.2. The molecule has 1 saturated heterocycles. The molecular weight excluding hydrogens is 417 g/mol. The lowest BCUT2D eigenvalue weighted by molar-refractivity contribution is -0.130. The molecule has 1 amide bonds. The maximum atomic E-state index is 13.1. The van der Waals surface area contributed by atoms with Gasteiger partial charge in [0.1, 0.15) is 5.82 Å². The third kappa shape index (κ3) is 5.91. The molecule has 1 aliphatic rings. The molecule has 156 valence electrons. The first kappa shape index (κ1) is 21.5. The van der Waals surface area contributed by atoms with E-state index in [1.54, 1.807) is 29.2 Å². The number of benzene rings is 2. The average molecular weight is 440 g/mol. The first-order chi connectivity index (χ1) is 13.8. The van der Waals surface area contributed by atoms with E-state index in [1.807, 2.05) is 0 Å². The van der Waals surface area contributed by atoms with Gasteiger partial charge >= 0.3 is 0 Å². The quantitative estimate of drug-likeness (QED) is 0.751. The average Bonchev–Trinajstić information content (AvgIpc) is 2.95. The third-order valence-corrected chi connectivity index (χ3v) is 6.47. The predicted molar refractivity (Wildman–Crippen MR) is 111 cm³/mol. The molecule has 1 fully saturated rings. The SMILES string of the molecule is O=C(CCNS(=O)(=O)c1cccc(Cl)c1)N1CCCN(c2ccc(F)cc2)CC1. The van der Waals surface area contributed by atoms with Gasteiger partial charge in [-0.25, -0.2) is 17.5 Å². The lowest BCUT2D eigenvalue weighted by Gasteiger charge is -2.23. The number of carbonyl (C=O) groups excluding carboxylic acids is 1. The number of anilines is 1. The maximum absolute atomic E-state index is 13.1. The molecule has 0 saturated carbocycles. The smallest absolute Gasteiger partial charge is 0.240 e. The van der Waals surface area contributed by atoms with E-state index in [4.69, 9.17) is 11.6 Å². The minimum atomic E-state index is -3.71. The molecule has 9 heteroatoms. The van der Waals surface area contributed by atoms with Crippen LogP contribution in [-0.4, -0.2) is 51.9 Å². The van der Waals surface area contributed by atoms with Gasteiger partial charge in [-0.2, -0.15) is 0 Å². The number of rotatable bonds is 6. The molecule has 1 aliphatic heterocycles. The Bertz CT molecular complexity index is 954. The van der Waals surface area contributed by atoms with Crippen molar-refractivity contribution in [1.29, 1.82) is 0 Å². The number of amides is 1. The Morgan fingerprint density at radius 2 is 1.83 bits per heavy atom. The molecule has 0 atom stereocenters. The number of sulfonamides is 1. The molecule has 3 rings (SSSR count). The zero-order chi connectivity index (χ0) is 20.9. The molecule has 0 aromatic heterocycles. The van der Waals surface area contributed by atoms with Crippen LogP contribution >= 0.6 is 11.6 Å². The molecule has 1 N–H and O–H groups in total. The molecule has 0 aliphatic carbocycles. The Kier molecular flexibility index (Phi) is 7.10. The number of hydrogen-bond acceptors (Lipinski definition) is 4. The van der Waals surface area contributed by atoms with Crippen molar-refractivity contribution in [3.05, 3.63) is 59.4 Å². The molecule has 1 heterocycles. The highest BCUT2D eigenvalue weighted by Gasteiger charge is 2.20. The Balaban J connectivity index is 1.50. The number of halogens is 2. The highest BCUT2D eigenvalue weighted by Crippen LogP contribution is 2.18. The summed E-state index contributed by atoms with van der Waals surface area (Å²) in [6.07, 6.45) is 0.869. The number of hydrogen-bond donors (Lipinski definition) is 1. The normalized spacial score (nSPS) is 15.2. The second-order valence-electron chi connectivity index (χ2n) is 6.80. The molecule has 0 spiro atoms. The van der Waals surface area contributed by atoms with Crippen molar-refractivity contribution in [1.82, 2.24) is 9.62 Å². The third-order valence-electron chi connectivity index (χ3n) is 4.78. The van der Waals surface area contributed by atoms with Gasteiger partial charge < -0.3 is 9.80 Å². The van der Waals surface area contributed by atoms with Gasteiger partial charge in [-0.3, -0.25) is 4.79 Å². The first-order valence-electron chi connectivity index (χ1n) is 9.39. The fourth-order valence-corrected chi connectivity index (χ4v) is 4.58. The fraction of sp³-hybridized carbons (Fsp3) is 0.350. The second kappa shape index (κ2) is 9.56. The van der Waals surface area contributed by atoms with Gasteiger partial charge in [-0.15, -0.1) is 0 Å². The zero-order valence-electron chi connectivity index (χ0n) is 15.9. The standard InChI is InChI=1S/C20H23ClFN3O3S/c21-16-3-1-4-19(15-16)29(27,28)23-10-9-20(26)25-12-2-11-24(13-14-25)18-7-5-17(22)6-8-18/h1,3-8,15,23H,2,9-14H2.